The number of hydrogen-bond acceptors (Lipinski definition) is 3. The number of nitrogens with zero attached hydrogens (tertiary/aromatic N) is 1. The monoisotopic (exact) mass is 332 g/mol. The summed E-state index contributed by atoms with van der Waals surface area (Å²) >= 11 is 0. The minimum Gasteiger partial charge on any atom is -0.338 e. The molecule has 2 rings (SSSR count). The van der Waals surface area contributed by atoms with Gasteiger partial charge in [0.25, 0.3) is 0 Å². The van der Waals surface area contributed by atoms with Gasteiger partial charge in [0.05, 0.1) is 0 Å². The quantitative estimate of drug-likeness (QED) is 0.747. The van der Waals surface area contributed by atoms with Crippen molar-refractivity contribution in [2.75, 3.05) is 18.4 Å². The van der Waals surface area contributed by atoms with E-state index in [4.69, 9.17) is 5.73 Å². The Hall–Kier alpha value is -2.08. The molecule has 1 saturated heterocycles. The van der Waals surface area contributed by atoms with Gasteiger partial charge in [-0.25, -0.2) is 4.79 Å². The third-order valence-corrected chi connectivity index (χ3v) is 4.29. The van der Waals surface area contributed by atoms with Crippen molar-refractivity contribution in [3.8, 4) is 0 Å². The van der Waals surface area contributed by atoms with Crippen molar-refractivity contribution in [2.24, 2.45) is 5.73 Å². The summed E-state index contributed by atoms with van der Waals surface area (Å²) in [5.41, 5.74) is 6.49. The van der Waals surface area contributed by atoms with Crippen LogP contribution in [0.2, 0.25) is 0 Å². The van der Waals surface area contributed by atoms with E-state index in [-0.39, 0.29) is 24.0 Å². The molecular weight excluding hydrogens is 304 g/mol. The van der Waals surface area contributed by atoms with Gasteiger partial charge in [0, 0.05) is 37.3 Å². The van der Waals surface area contributed by atoms with Gasteiger partial charge in [-0.3, -0.25) is 4.79 Å². The van der Waals surface area contributed by atoms with Crippen molar-refractivity contribution in [2.45, 2.75) is 51.1 Å². The summed E-state index contributed by atoms with van der Waals surface area (Å²) in [5, 5.41) is 5.68. The van der Waals surface area contributed by atoms with Gasteiger partial charge in [0.15, 0.2) is 0 Å². The fourth-order valence-electron chi connectivity index (χ4n) is 2.94. The van der Waals surface area contributed by atoms with E-state index in [1.54, 1.807) is 0 Å². The maximum atomic E-state index is 12.4. The van der Waals surface area contributed by atoms with Crippen LogP contribution in [0.25, 0.3) is 0 Å². The summed E-state index contributed by atoms with van der Waals surface area (Å²) in [7, 11) is 0. The minimum absolute atomic E-state index is 0.0342. The van der Waals surface area contributed by atoms with E-state index in [2.05, 4.69) is 10.6 Å². The predicted octanol–water partition coefficient (Wildman–Crippen LogP) is 2.32. The van der Waals surface area contributed by atoms with Gasteiger partial charge in [0.2, 0.25) is 5.91 Å². The lowest BCUT2D eigenvalue weighted by atomic mass is 10.0. The fraction of sp³-hybridized carbons (Fsp3) is 0.556. The van der Waals surface area contributed by atoms with Crippen LogP contribution in [-0.2, 0) is 4.79 Å². The second kappa shape index (κ2) is 9.27. The first-order chi connectivity index (χ1) is 11.6. The van der Waals surface area contributed by atoms with E-state index in [9.17, 15) is 9.59 Å². The van der Waals surface area contributed by atoms with Crippen molar-refractivity contribution < 1.29 is 9.59 Å². The summed E-state index contributed by atoms with van der Waals surface area (Å²) in [6.45, 7) is 3.16. The number of amides is 3. The molecule has 6 heteroatoms. The average Bonchev–Trinajstić information content (AvgIpc) is 2.59. The third-order valence-electron chi connectivity index (χ3n) is 4.29. The number of hydrogen-bond donors (Lipinski definition) is 3. The SMILES string of the molecule is CC(N)CCC(=O)N1CCCCC1CNC(=O)Nc1ccccc1. The van der Waals surface area contributed by atoms with Crippen molar-refractivity contribution in [3.05, 3.63) is 30.3 Å². The summed E-state index contributed by atoms with van der Waals surface area (Å²) in [6.07, 6.45) is 4.21. The van der Waals surface area contributed by atoms with Crippen LogP contribution in [0.5, 0.6) is 0 Å². The number of carbonyl (C=O) groups excluding carboxylic acids is 2. The Morgan fingerprint density at radius 1 is 1.29 bits per heavy atom. The highest BCUT2D eigenvalue weighted by atomic mass is 16.2. The van der Waals surface area contributed by atoms with E-state index in [1.807, 2.05) is 42.2 Å². The molecule has 1 aromatic carbocycles. The van der Waals surface area contributed by atoms with Crippen LogP contribution in [0, 0.1) is 0 Å². The van der Waals surface area contributed by atoms with Crippen molar-refractivity contribution >= 4 is 17.6 Å². The summed E-state index contributed by atoms with van der Waals surface area (Å²) in [6, 6.07) is 9.18. The third kappa shape index (κ3) is 5.85. The zero-order chi connectivity index (χ0) is 17.4. The average molecular weight is 332 g/mol. The first kappa shape index (κ1) is 18.3. The number of rotatable bonds is 6. The van der Waals surface area contributed by atoms with Gasteiger partial charge in [-0.15, -0.1) is 0 Å². The van der Waals surface area contributed by atoms with Gasteiger partial charge in [-0.05, 0) is 44.7 Å². The number of urea groups is 1. The lowest BCUT2D eigenvalue weighted by Crippen LogP contribution is -2.50. The van der Waals surface area contributed by atoms with E-state index in [0.717, 1.165) is 31.5 Å². The van der Waals surface area contributed by atoms with E-state index in [0.29, 0.717) is 19.4 Å². The zero-order valence-electron chi connectivity index (χ0n) is 14.3. The number of nitrogens with one attached hydrogen (secondary N) is 2. The number of para-hydroxylation sites is 1. The molecule has 0 aromatic heterocycles. The number of anilines is 1. The van der Waals surface area contributed by atoms with Crippen LogP contribution in [0.4, 0.5) is 10.5 Å². The summed E-state index contributed by atoms with van der Waals surface area (Å²) in [5.74, 6) is 0.141. The Kier molecular flexibility index (Phi) is 7.06. The molecule has 1 aliphatic heterocycles. The molecule has 4 N–H and O–H groups in total. The van der Waals surface area contributed by atoms with E-state index in [1.165, 1.54) is 0 Å². The smallest absolute Gasteiger partial charge is 0.319 e. The molecular formula is C18H28N4O2. The largest absolute Gasteiger partial charge is 0.338 e. The molecule has 0 saturated carbocycles. The van der Waals surface area contributed by atoms with Crippen LogP contribution in [0.3, 0.4) is 0 Å². The Bertz CT molecular complexity index is 533. The number of nitrogens with two attached hydrogens (primary N) is 1. The molecule has 0 bridgehead atoms. The number of carbonyl (C=O) groups is 2. The molecule has 2 unspecified atom stereocenters. The summed E-state index contributed by atoms with van der Waals surface area (Å²) < 4.78 is 0. The first-order valence-corrected chi connectivity index (χ1v) is 8.71. The minimum atomic E-state index is -0.241. The molecule has 1 aliphatic rings. The maximum absolute atomic E-state index is 12.4. The topological polar surface area (TPSA) is 87.5 Å². The molecule has 6 nitrogen and oxygen atoms in total. The molecule has 3 amide bonds. The molecule has 2 atom stereocenters. The second-order valence-electron chi connectivity index (χ2n) is 6.45. The van der Waals surface area contributed by atoms with Crippen LogP contribution in [0.1, 0.15) is 39.0 Å². The van der Waals surface area contributed by atoms with Gasteiger partial charge < -0.3 is 21.3 Å². The van der Waals surface area contributed by atoms with Crippen LogP contribution in [0.15, 0.2) is 30.3 Å². The molecule has 0 radical (unpaired) electrons. The van der Waals surface area contributed by atoms with E-state index >= 15 is 0 Å². The standard InChI is InChI=1S/C18H28N4O2/c1-14(19)10-11-17(23)22-12-6-5-9-16(22)13-20-18(24)21-15-7-3-2-4-8-15/h2-4,7-8,14,16H,5-6,9-13,19H2,1H3,(H2,20,21,24). The second-order valence-corrected chi connectivity index (χ2v) is 6.45. The number of piperidine rings is 1. The molecule has 0 aliphatic carbocycles. The predicted molar refractivity (Wildman–Crippen MR) is 95.7 cm³/mol. The van der Waals surface area contributed by atoms with Crippen LogP contribution < -0.4 is 16.4 Å². The lowest BCUT2D eigenvalue weighted by molar-refractivity contribution is -0.134. The molecule has 132 valence electrons. The van der Waals surface area contributed by atoms with Crippen molar-refractivity contribution in [3.63, 3.8) is 0 Å². The Balaban J connectivity index is 1.82. The fourth-order valence-corrected chi connectivity index (χ4v) is 2.94. The zero-order valence-corrected chi connectivity index (χ0v) is 14.3. The molecule has 1 heterocycles. The maximum Gasteiger partial charge on any atom is 0.319 e. The van der Waals surface area contributed by atoms with E-state index < -0.39 is 0 Å². The van der Waals surface area contributed by atoms with Gasteiger partial charge >= 0.3 is 6.03 Å². The molecule has 1 aromatic rings. The highest BCUT2D eigenvalue weighted by molar-refractivity contribution is 5.89. The molecule has 1 fully saturated rings. The van der Waals surface area contributed by atoms with Crippen LogP contribution in [-0.4, -0.2) is 42.0 Å². The van der Waals surface area contributed by atoms with Crippen LogP contribution >= 0.6 is 0 Å². The van der Waals surface area contributed by atoms with Crippen molar-refractivity contribution in [1.29, 1.82) is 0 Å². The van der Waals surface area contributed by atoms with Gasteiger partial charge in [-0.1, -0.05) is 18.2 Å². The Morgan fingerprint density at radius 2 is 2.04 bits per heavy atom. The Labute approximate surface area is 143 Å². The Morgan fingerprint density at radius 3 is 2.75 bits per heavy atom. The highest BCUT2D eigenvalue weighted by Crippen LogP contribution is 2.18. The lowest BCUT2D eigenvalue weighted by Gasteiger charge is -2.36. The highest BCUT2D eigenvalue weighted by Gasteiger charge is 2.26. The normalized spacial score (nSPS) is 18.8. The van der Waals surface area contributed by atoms with Gasteiger partial charge in [0.1, 0.15) is 0 Å². The van der Waals surface area contributed by atoms with Crippen molar-refractivity contribution in [1.82, 2.24) is 10.2 Å². The first-order valence-electron chi connectivity index (χ1n) is 8.71. The summed E-state index contributed by atoms with van der Waals surface area (Å²) in [4.78, 5) is 26.3. The molecule has 24 heavy (non-hydrogen) atoms. The number of benzene rings is 1. The number of likely N-dealkylation sites (tertiary alicyclic amines) is 1. The molecule has 0 spiro atoms. The van der Waals surface area contributed by atoms with Gasteiger partial charge in [-0.2, -0.15) is 0 Å².